The van der Waals surface area contributed by atoms with Crippen molar-refractivity contribution in [2.24, 2.45) is 28.9 Å². The van der Waals surface area contributed by atoms with Gasteiger partial charge in [0.05, 0.1) is 0 Å². The summed E-state index contributed by atoms with van der Waals surface area (Å²) in [5, 5.41) is 0. The predicted octanol–water partition coefficient (Wildman–Crippen LogP) is 2.94. The van der Waals surface area contributed by atoms with Gasteiger partial charge in [0.25, 0.3) is 0 Å². The van der Waals surface area contributed by atoms with Gasteiger partial charge >= 0.3 is 0 Å². The summed E-state index contributed by atoms with van der Waals surface area (Å²) in [6.45, 7) is 2.33. The molecule has 4 atom stereocenters. The third-order valence-electron chi connectivity index (χ3n) is 5.56. The summed E-state index contributed by atoms with van der Waals surface area (Å²) >= 11 is 0. The zero-order chi connectivity index (χ0) is 9.76. The first-order valence-electron chi connectivity index (χ1n) is 6.51. The van der Waals surface area contributed by atoms with Crippen molar-refractivity contribution in [3.63, 3.8) is 0 Å². The quantitative estimate of drug-likeness (QED) is 0.732. The van der Waals surface area contributed by atoms with E-state index in [0.717, 1.165) is 17.8 Å². The van der Waals surface area contributed by atoms with Crippen molar-refractivity contribution in [1.29, 1.82) is 0 Å². The van der Waals surface area contributed by atoms with Gasteiger partial charge in [-0.2, -0.15) is 0 Å². The van der Waals surface area contributed by atoms with Crippen LogP contribution in [0, 0.1) is 23.2 Å². The summed E-state index contributed by atoms with van der Waals surface area (Å²) in [6.07, 6.45) is 10.1. The minimum atomic E-state index is 0.544. The summed E-state index contributed by atoms with van der Waals surface area (Å²) in [4.78, 5) is 0. The van der Waals surface area contributed by atoms with Gasteiger partial charge in [0.15, 0.2) is 0 Å². The lowest BCUT2D eigenvalue weighted by molar-refractivity contribution is 0.208. The molecule has 0 spiro atoms. The Kier molecular flexibility index (Phi) is 1.96. The lowest BCUT2D eigenvalue weighted by Crippen LogP contribution is -2.41. The molecule has 0 aromatic rings. The molecular weight excluding hydrogens is 170 g/mol. The van der Waals surface area contributed by atoms with Crippen LogP contribution in [0.25, 0.3) is 0 Å². The van der Waals surface area contributed by atoms with Gasteiger partial charge in [-0.1, -0.05) is 13.3 Å². The fourth-order valence-corrected chi connectivity index (χ4v) is 4.27. The van der Waals surface area contributed by atoms with E-state index in [1.807, 2.05) is 0 Å². The highest BCUT2D eigenvalue weighted by Crippen LogP contribution is 2.58. The van der Waals surface area contributed by atoms with Crippen molar-refractivity contribution in [2.75, 3.05) is 0 Å². The fourth-order valence-electron chi connectivity index (χ4n) is 4.27. The van der Waals surface area contributed by atoms with Crippen molar-refractivity contribution < 1.29 is 0 Å². The van der Waals surface area contributed by atoms with Crippen molar-refractivity contribution in [3.8, 4) is 0 Å². The Morgan fingerprint density at radius 1 is 1.29 bits per heavy atom. The van der Waals surface area contributed by atoms with E-state index < -0.39 is 0 Å². The van der Waals surface area contributed by atoms with Crippen molar-refractivity contribution in [1.82, 2.24) is 0 Å². The molecule has 3 fully saturated rings. The Labute approximate surface area is 87.4 Å². The molecule has 0 aromatic heterocycles. The first kappa shape index (κ1) is 9.21. The van der Waals surface area contributed by atoms with Gasteiger partial charge in [-0.3, -0.25) is 0 Å². The van der Waals surface area contributed by atoms with Crippen LogP contribution < -0.4 is 5.73 Å². The van der Waals surface area contributed by atoms with E-state index >= 15 is 0 Å². The number of nitrogens with two attached hydrogens (primary N) is 1. The molecule has 0 saturated heterocycles. The zero-order valence-electron chi connectivity index (χ0n) is 9.34. The second-order valence-corrected chi connectivity index (χ2v) is 6.08. The van der Waals surface area contributed by atoms with Crippen LogP contribution in [0.15, 0.2) is 0 Å². The number of rotatable bonds is 3. The molecule has 3 rings (SSSR count). The molecule has 1 heteroatoms. The van der Waals surface area contributed by atoms with E-state index in [4.69, 9.17) is 5.73 Å². The molecule has 14 heavy (non-hydrogen) atoms. The Morgan fingerprint density at radius 2 is 2.07 bits per heavy atom. The van der Waals surface area contributed by atoms with Crippen LogP contribution in [0.4, 0.5) is 0 Å². The number of fused-ring (bicyclic) bond motifs is 2. The van der Waals surface area contributed by atoms with Crippen molar-refractivity contribution >= 4 is 0 Å². The SMILES string of the molecule is CCC1(C(N)C2CC3CCC2C3)CC1. The molecule has 3 saturated carbocycles. The van der Waals surface area contributed by atoms with E-state index in [0.29, 0.717) is 11.5 Å². The normalized spacial score (nSPS) is 45.4. The summed E-state index contributed by atoms with van der Waals surface area (Å²) in [5.74, 6) is 2.97. The zero-order valence-corrected chi connectivity index (χ0v) is 9.34. The largest absolute Gasteiger partial charge is 0.327 e. The van der Waals surface area contributed by atoms with E-state index in [2.05, 4.69) is 6.92 Å². The molecule has 4 unspecified atom stereocenters. The molecule has 1 nitrogen and oxygen atoms in total. The van der Waals surface area contributed by atoms with Gasteiger partial charge < -0.3 is 5.73 Å². The molecule has 3 aliphatic rings. The molecule has 80 valence electrons. The molecule has 0 heterocycles. The molecule has 3 aliphatic carbocycles. The lowest BCUT2D eigenvalue weighted by atomic mass is 9.76. The summed E-state index contributed by atoms with van der Waals surface area (Å²) < 4.78 is 0. The number of hydrogen-bond donors (Lipinski definition) is 1. The smallest absolute Gasteiger partial charge is 0.0127 e. The molecule has 0 aromatic carbocycles. The van der Waals surface area contributed by atoms with Crippen molar-refractivity contribution in [2.45, 2.75) is 57.9 Å². The molecule has 2 bridgehead atoms. The van der Waals surface area contributed by atoms with Gasteiger partial charge in [-0.25, -0.2) is 0 Å². The summed E-state index contributed by atoms with van der Waals surface area (Å²) in [5.41, 5.74) is 7.11. The summed E-state index contributed by atoms with van der Waals surface area (Å²) in [6, 6.07) is 0.544. The first-order valence-corrected chi connectivity index (χ1v) is 6.51. The van der Waals surface area contributed by atoms with Crippen LogP contribution in [0.2, 0.25) is 0 Å². The monoisotopic (exact) mass is 193 g/mol. The Morgan fingerprint density at radius 3 is 2.50 bits per heavy atom. The highest BCUT2D eigenvalue weighted by Gasteiger charge is 2.53. The average Bonchev–Trinajstić information content (AvgIpc) is 2.73. The van der Waals surface area contributed by atoms with Crippen LogP contribution in [0.3, 0.4) is 0 Å². The van der Waals surface area contributed by atoms with Gasteiger partial charge in [-0.05, 0) is 61.7 Å². The average molecular weight is 193 g/mol. The Balaban J connectivity index is 1.71. The minimum absolute atomic E-state index is 0.544. The highest BCUT2D eigenvalue weighted by molar-refractivity contribution is 5.06. The third kappa shape index (κ3) is 1.18. The first-order chi connectivity index (χ1) is 6.75. The molecule has 2 N–H and O–H groups in total. The van der Waals surface area contributed by atoms with Gasteiger partial charge in [0.1, 0.15) is 0 Å². The van der Waals surface area contributed by atoms with E-state index in [1.165, 1.54) is 44.9 Å². The van der Waals surface area contributed by atoms with E-state index in [1.54, 1.807) is 0 Å². The molecular formula is C13H23N. The third-order valence-corrected chi connectivity index (χ3v) is 5.56. The minimum Gasteiger partial charge on any atom is -0.327 e. The topological polar surface area (TPSA) is 26.0 Å². The van der Waals surface area contributed by atoms with Crippen molar-refractivity contribution in [3.05, 3.63) is 0 Å². The Hall–Kier alpha value is -0.0400. The highest BCUT2D eigenvalue weighted by atomic mass is 14.8. The maximum Gasteiger partial charge on any atom is 0.0127 e. The van der Waals surface area contributed by atoms with Crippen LogP contribution in [-0.4, -0.2) is 6.04 Å². The Bertz CT molecular complexity index is 231. The number of hydrogen-bond acceptors (Lipinski definition) is 1. The van der Waals surface area contributed by atoms with Gasteiger partial charge in [0, 0.05) is 6.04 Å². The maximum absolute atomic E-state index is 6.52. The van der Waals surface area contributed by atoms with Crippen LogP contribution in [-0.2, 0) is 0 Å². The second-order valence-electron chi connectivity index (χ2n) is 6.08. The fraction of sp³-hybridized carbons (Fsp3) is 1.00. The molecule has 0 aliphatic heterocycles. The summed E-state index contributed by atoms with van der Waals surface area (Å²) in [7, 11) is 0. The van der Waals surface area contributed by atoms with E-state index in [-0.39, 0.29) is 0 Å². The van der Waals surface area contributed by atoms with E-state index in [9.17, 15) is 0 Å². The van der Waals surface area contributed by atoms with Gasteiger partial charge in [-0.15, -0.1) is 0 Å². The standard InChI is InChI=1S/C13H23N/c1-2-13(5-6-13)12(14)11-8-9-3-4-10(11)7-9/h9-12H,2-8,14H2,1H3. The molecule has 0 amide bonds. The molecule has 0 radical (unpaired) electrons. The van der Waals surface area contributed by atoms with Crippen LogP contribution >= 0.6 is 0 Å². The van der Waals surface area contributed by atoms with Crippen LogP contribution in [0.1, 0.15) is 51.9 Å². The predicted molar refractivity (Wildman–Crippen MR) is 58.9 cm³/mol. The van der Waals surface area contributed by atoms with Gasteiger partial charge in [0.2, 0.25) is 0 Å². The lowest BCUT2D eigenvalue weighted by Gasteiger charge is -2.33. The van der Waals surface area contributed by atoms with Crippen LogP contribution in [0.5, 0.6) is 0 Å². The second kappa shape index (κ2) is 2.98. The maximum atomic E-state index is 6.52.